The Morgan fingerprint density at radius 3 is 2.92 bits per heavy atom. The van der Waals surface area contributed by atoms with Crippen LogP contribution in [-0.2, 0) is 4.74 Å². The van der Waals surface area contributed by atoms with Crippen molar-refractivity contribution < 1.29 is 4.74 Å². The quantitative estimate of drug-likeness (QED) is 0.286. The van der Waals surface area contributed by atoms with E-state index < -0.39 is 5.54 Å². The zero-order valence-electron chi connectivity index (χ0n) is 7.82. The molecule has 0 aliphatic rings. The van der Waals surface area contributed by atoms with Gasteiger partial charge in [0.25, 0.3) is 0 Å². The normalized spacial score (nSPS) is 13.9. The highest BCUT2D eigenvalue weighted by molar-refractivity contribution is 5.03. The molecule has 0 aromatic carbocycles. The summed E-state index contributed by atoms with van der Waals surface area (Å²) in [7, 11) is 1.53. The Morgan fingerprint density at radius 1 is 1.77 bits per heavy atom. The van der Waals surface area contributed by atoms with Crippen LogP contribution in [0.15, 0.2) is 5.11 Å². The van der Waals surface area contributed by atoms with Crippen LogP contribution in [0, 0.1) is 11.3 Å². The molecule has 0 saturated carbocycles. The molecule has 0 aromatic heterocycles. The van der Waals surface area contributed by atoms with E-state index in [9.17, 15) is 0 Å². The number of rotatable bonds is 6. The molecule has 13 heavy (non-hydrogen) atoms. The van der Waals surface area contributed by atoms with Crippen LogP contribution < -0.4 is 5.32 Å². The minimum absolute atomic E-state index is 0.305. The third-order valence-corrected chi connectivity index (χ3v) is 1.47. The lowest BCUT2D eigenvalue weighted by molar-refractivity contribution is 0.146. The summed E-state index contributed by atoms with van der Waals surface area (Å²) in [4.78, 5) is 2.60. The molecule has 1 N–H and O–H groups in total. The van der Waals surface area contributed by atoms with Gasteiger partial charge in [-0.05, 0) is 12.5 Å². The number of hydrogen-bond donors (Lipinski definition) is 1. The molecule has 1 unspecified atom stereocenters. The Bertz CT molecular complexity index is 230. The van der Waals surface area contributed by atoms with Gasteiger partial charge in [-0.25, -0.2) is 0 Å². The first-order valence-electron chi connectivity index (χ1n) is 3.84. The summed E-state index contributed by atoms with van der Waals surface area (Å²) in [6.45, 7) is 2.83. The molecule has 6 heteroatoms. The minimum Gasteiger partial charge on any atom is -0.382 e. The van der Waals surface area contributed by atoms with E-state index in [1.165, 1.54) is 7.11 Å². The molecule has 0 aromatic rings. The van der Waals surface area contributed by atoms with Gasteiger partial charge in [0, 0.05) is 25.1 Å². The first-order chi connectivity index (χ1) is 6.18. The molecular formula is C7H13N5O. The average molecular weight is 183 g/mol. The van der Waals surface area contributed by atoms with Gasteiger partial charge < -0.3 is 4.74 Å². The van der Waals surface area contributed by atoms with Crippen LogP contribution in [0.2, 0.25) is 0 Å². The molecule has 1 atom stereocenters. The largest absolute Gasteiger partial charge is 0.382 e. The topological polar surface area (TPSA) is 93.8 Å². The number of methoxy groups -OCH3 is 1. The van der Waals surface area contributed by atoms with Crippen LogP contribution in [0.3, 0.4) is 0 Å². The van der Waals surface area contributed by atoms with E-state index in [4.69, 9.17) is 15.5 Å². The van der Waals surface area contributed by atoms with Crippen LogP contribution in [0.1, 0.15) is 6.92 Å². The fourth-order valence-electron chi connectivity index (χ4n) is 0.838. The molecule has 72 valence electrons. The first-order valence-corrected chi connectivity index (χ1v) is 3.84. The maximum absolute atomic E-state index is 8.78. The Morgan fingerprint density at radius 2 is 2.46 bits per heavy atom. The first kappa shape index (κ1) is 11.7. The second-order valence-electron chi connectivity index (χ2n) is 2.76. The van der Waals surface area contributed by atoms with Gasteiger partial charge in [-0.15, -0.1) is 0 Å². The van der Waals surface area contributed by atoms with Crippen molar-refractivity contribution in [3.63, 3.8) is 0 Å². The van der Waals surface area contributed by atoms with Crippen molar-refractivity contribution in [2.24, 2.45) is 5.11 Å². The minimum atomic E-state index is -0.709. The molecule has 0 aliphatic heterocycles. The third-order valence-electron chi connectivity index (χ3n) is 1.47. The Hall–Kier alpha value is -1.28. The fourth-order valence-corrected chi connectivity index (χ4v) is 0.838. The van der Waals surface area contributed by atoms with Crippen LogP contribution in [0.4, 0.5) is 0 Å². The monoisotopic (exact) mass is 183 g/mol. The van der Waals surface area contributed by atoms with Gasteiger partial charge in [-0.3, -0.25) is 5.32 Å². The van der Waals surface area contributed by atoms with E-state index in [1.54, 1.807) is 6.92 Å². The molecule has 0 rings (SSSR count). The summed E-state index contributed by atoms with van der Waals surface area (Å²) in [6, 6.07) is 2.09. The highest BCUT2D eigenvalue weighted by Gasteiger charge is 2.21. The fraction of sp³-hybridized carbons (Fsp3) is 0.857. The summed E-state index contributed by atoms with van der Waals surface area (Å²) < 4.78 is 4.87. The van der Waals surface area contributed by atoms with E-state index >= 15 is 0 Å². The van der Waals surface area contributed by atoms with Crippen molar-refractivity contribution in [1.29, 1.82) is 5.26 Å². The van der Waals surface area contributed by atoms with Crippen LogP contribution in [0.25, 0.3) is 10.4 Å². The standard InChI is InChI=1S/C7H13N5O/c1-7(5-8,6-13-2)10-3-4-11-12-9/h10H,3-4,6H2,1-2H3. The SMILES string of the molecule is COCC(C)(C#N)NCCN=[N+]=[N-]. The predicted molar refractivity (Wildman–Crippen MR) is 47.9 cm³/mol. The van der Waals surface area contributed by atoms with Gasteiger partial charge in [-0.1, -0.05) is 5.11 Å². The second kappa shape index (κ2) is 6.26. The molecule has 0 bridgehead atoms. The lowest BCUT2D eigenvalue weighted by Crippen LogP contribution is -2.45. The maximum Gasteiger partial charge on any atom is 0.127 e. The van der Waals surface area contributed by atoms with E-state index in [0.717, 1.165) is 0 Å². The van der Waals surface area contributed by atoms with Crippen molar-refractivity contribution in [3.8, 4) is 6.07 Å². The van der Waals surface area contributed by atoms with Crippen molar-refractivity contribution in [3.05, 3.63) is 10.4 Å². The number of ether oxygens (including phenoxy) is 1. The molecule has 0 amide bonds. The summed E-state index contributed by atoms with van der Waals surface area (Å²) in [5.74, 6) is 0. The van der Waals surface area contributed by atoms with Gasteiger partial charge in [0.05, 0.1) is 12.7 Å². The molecule has 0 aliphatic carbocycles. The highest BCUT2D eigenvalue weighted by atomic mass is 16.5. The summed E-state index contributed by atoms with van der Waals surface area (Å²) >= 11 is 0. The van der Waals surface area contributed by atoms with Crippen LogP contribution >= 0.6 is 0 Å². The third kappa shape index (κ3) is 5.04. The maximum atomic E-state index is 8.78. The van der Waals surface area contributed by atoms with Gasteiger partial charge >= 0.3 is 0 Å². The summed E-state index contributed by atoms with van der Waals surface area (Å²) in [6.07, 6.45) is 0. The Balaban J connectivity index is 3.84. The number of azide groups is 1. The van der Waals surface area contributed by atoms with Crippen molar-refractivity contribution in [1.82, 2.24) is 5.32 Å². The van der Waals surface area contributed by atoms with E-state index in [0.29, 0.717) is 19.7 Å². The molecule has 0 heterocycles. The summed E-state index contributed by atoms with van der Waals surface area (Å²) in [5, 5.41) is 15.0. The molecular weight excluding hydrogens is 170 g/mol. The zero-order chi connectivity index (χ0) is 10.2. The van der Waals surface area contributed by atoms with Gasteiger partial charge in [0.1, 0.15) is 5.54 Å². The van der Waals surface area contributed by atoms with Gasteiger partial charge in [-0.2, -0.15) is 5.26 Å². The van der Waals surface area contributed by atoms with Crippen LogP contribution in [-0.4, -0.2) is 32.3 Å². The highest BCUT2D eigenvalue weighted by Crippen LogP contribution is 2.00. The van der Waals surface area contributed by atoms with Crippen LogP contribution in [0.5, 0.6) is 0 Å². The second-order valence-corrected chi connectivity index (χ2v) is 2.76. The predicted octanol–water partition coefficient (Wildman–Crippen LogP) is 0.815. The van der Waals surface area contributed by atoms with Gasteiger partial charge in [0.15, 0.2) is 0 Å². The zero-order valence-corrected chi connectivity index (χ0v) is 7.82. The van der Waals surface area contributed by atoms with E-state index in [-0.39, 0.29) is 0 Å². The van der Waals surface area contributed by atoms with Crippen molar-refractivity contribution in [2.75, 3.05) is 26.8 Å². The van der Waals surface area contributed by atoms with Crippen molar-refractivity contribution in [2.45, 2.75) is 12.5 Å². The van der Waals surface area contributed by atoms with Gasteiger partial charge in [0.2, 0.25) is 0 Å². The number of nitriles is 1. The van der Waals surface area contributed by atoms with E-state index in [2.05, 4.69) is 21.4 Å². The molecule has 0 saturated heterocycles. The summed E-state index contributed by atoms with van der Waals surface area (Å²) in [5.41, 5.74) is 7.29. The lowest BCUT2D eigenvalue weighted by Gasteiger charge is -2.21. The lowest BCUT2D eigenvalue weighted by atomic mass is 10.1. The Kier molecular flexibility index (Phi) is 5.64. The molecule has 0 fully saturated rings. The van der Waals surface area contributed by atoms with E-state index in [1.807, 2.05) is 0 Å². The Labute approximate surface area is 77.1 Å². The average Bonchev–Trinajstić information content (AvgIpc) is 2.13. The van der Waals surface area contributed by atoms with Crippen molar-refractivity contribution >= 4 is 0 Å². The molecule has 0 spiro atoms. The number of nitrogens with one attached hydrogen (secondary N) is 1. The number of hydrogen-bond acceptors (Lipinski definition) is 4. The molecule has 6 nitrogen and oxygen atoms in total. The molecule has 0 radical (unpaired) electrons. The number of nitrogens with zero attached hydrogens (tertiary/aromatic N) is 4. The smallest absolute Gasteiger partial charge is 0.127 e.